The van der Waals surface area contributed by atoms with Crippen molar-refractivity contribution in [2.24, 2.45) is 5.92 Å². The second-order valence-corrected chi connectivity index (χ2v) is 13.3. The maximum absolute atomic E-state index is 15.0. The highest BCUT2D eigenvalue weighted by Crippen LogP contribution is 2.42. The number of hydrogen-bond acceptors (Lipinski definition) is 9. The first-order valence-corrected chi connectivity index (χ1v) is 16.6. The molecule has 1 amide bonds. The predicted octanol–water partition coefficient (Wildman–Crippen LogP) is 4.96. The molecule has 0 saturated carbocycles. The van der Waals surface area contributed by atoms with Crippen LogP contribution in [-0.2, 0) is 23.3 Å². The van der Waals surface area contributed by atoms with Crippen LogP contribution < -0.4 is 21.5 Å². The second-order valence-electron chi connectivity index (χ2n) is 12.3. The molecule has 0 spiro atoms. The third-order valence-electron chi connectivity index (χ3n) is 9.16. The molecule has 0 bridgehead atoms. The molecule has 248 valence electrons. The van der Waals surface area contributed by atoms with Crippen molar-refractivity contribution in [3.05, 3.63) is 123 Å². The molecule has 1 saturated heterocycles. The summed E-state index contributed by atoms with van der Waals surface area (Å²) < 4.78 is 38.1. The molecule has 3 aromatic heterocycles. The number of ether oxygens (including phenoxy) is 1. The zero-order chi connectivity index (χ0) is 33.7. The molecule has 2 unspecified atom stereocenters. The first-order chi connectivity index (χ1) is 23.8. The number of thiophene rings is 1. The first kappa shape index (κ1) is 30.8. The average Bonchev–Trinajstić information content (AvgIpc) is 3.92. The zero-order valence-electron chi connectivity index (χ0n) is 26.1. The van der Waals surface area contributed by atoms with Gasteiger partial charge in [0.2, 0.25) is 0 Å². The second kappa shape index (κ2) is 12.2. The normalized spacial score (nSPS) is 18.7. The summed E-state index contributed by atoms with van der Waals surface area (Å²) in [5.74, 6) is -2.11. The van der Waals surface area contributed by atoms with Gasteiger partial charge in [-0.2, -0.15) is 5.10 Å². The molecule has 2 aliphatic rings. The Morgan fingerprint density at radius 1 is 1.08 bits per heavy atom. The first-order valence-electron chi connectivity index (χ1n) is 15.8. The molecule has 8 rings (SSSR count). The van der Waals surface area contributed by atoms with Gasteiger partial charge in [-0.3, -0.25) is 14.2 Å². The van der Waals surface area contributed by atoms with Gasteiger partial charge in [0.25, 0.3) is 11.5 Å². The van der Waals surface area contributed by atoms with Crippen LogP contribution in [0, 0.1) is 17.6 Å². The van der Waals surface area contributed by atoms with E-state index >= 15 is 4.39 Å². The fourth-order valence-corrected chi connectivity index (χ4v) is 7.82. The van der Waals surface area contributed by atoms with Gasteiger partial charge in [-0.25, -0.2) is 23.4 Å². The number of rotatable bonds is 8. The molecule has 2 atom stereocenters. The lowest BCUT2D eigenvalue weighted by atomic mass is 9.86. The highest BCUT2D eigenvalue weighted by Gasteiger charge is 2.44. The maximum atomic E-state index is 15.0. The number of anilines is 3. The van der Waals surface area contributed by atoms with E-state index in [0.717, 1.165) is 41.7 Å². The van der Waals surface area contributed by atoms with Gasteiger partial charge in [-0.1, -0.05) is 30.3 Å². The van der Waals surface area contributed by atoms with Gasteiger partial charge in [0.05, 0.1) is 29.2 Å². The van der Waals surface area contributed by atoms with Gasteiger partial charge in [-0.05, 0) is 54.8 Å². The third-order valence-corrected chi connectivity index (χ3v) is 10.2. The summed E-state index contributed by atoms with van der Waals surface area (Å²) >= 11 is 1.14. The van der Waals surface area contributed by atoms with E-state index in [9.17, 15) is 14.0 Å². The monoisotopic (exact) mass is 680 g/mol. The number of amides is 1. The van der Waals surface area contributed by atoms with Crippen molar-refractivity contribution in [2.75, 3.05) is 30.3 Å². The highest BCUT2D eigenvalue weighted by molar-refractivity contribution is 7.20. The van der Waals surface area contributed by atoms with Crippen LogP contribution in [0.4, 0.5) is 26.0 Å². The van der Waals surface area contributed by atoms with E-state index in [4.69, 9.17) is 10.5 Å². The highest BCUT2D eigenvalue weighted by atomic mass is 32.1. The Bertz CT molecular complexity index is 2260. The number of nitrogens with zero attached hydrogens (tertiary/aromatic N) is 6. The van der Waals surface area contributed by atoms with Crippen LogP contribution in [0.15, 0.2) is 90.2 Å². The Morgan fingerprint density at radius 3 is 2.73 bits per heavy atom. The Morgan fingerprint density at radius 2 is 1.94 bits per heavy atom. The van der Waals surface area contributed by atoms with Gasteiger partial charge in [0.1, 0.15) is 34.7 Å². The van der Waals surface area contributed by atoms with Gasteiger partial charge < -0.3 is 20.7 Å². The van der Waals surface area contributed by atoms with Crippen LogP contribution in [-0.4, -0.2) is 49.9 Å². The van der Waals surface area contributed by atoms with Crippen molar-refractivity contribution in [1.82, 2.24) is 29.6 Å². The smallest absolute Gasteiger partial charge is 0.298 e. The number of para-hydroxylation sites is 1. The molecule has 6 aromatic rings. The predicted molar refractivity (Wildman–Crippen MR) is 181 cm³/mol. The number of hydrogen-bond donors (Lipinski definition) is 2. The van der Waals surface area contributed by atoms with Crippen LogP contribution in [0.2, 0.25) is 0 Å². The lowest BCUT2D eigenvalue weighted by Crippen LogP contribution is -2.34. The lowest BCUT2D eigenvalue weighted by Gasteiger charge is -2.29. The summed E-state index contributed by atoms with van der Waals surface area (Å²) in [4.78, 5) is 38.3. The SMILES string of the molecule is Nc1nc2sc(C(=O)NCC3COC(Cn4cncn4)(c4ccc(F)cc4F)C3)cc2n(-c2ccc3c(c2)N(c2ccccc2)CC3)c1=O. The minimum Gasteiger partial charge on any atom is -0.379 e. The number of nitrogens with two attached hydrogens (primary N) is 1. The molecular weight excluding hydrogens is 651 g/mol. The van der Waals surface area contributed by atoms with E-state index in [-0.39, 0.29) is 42.9 Å². The molecule has 2 aliphatic heterocycles. The van der Waals surface area contributed by atoms with Crippen molar-refractivity contribution < 1.29 is 18.3 Å². The molecule has 3 aromatic carbocycles. The zero-order valence-corrected chi connectivity index (χ0v) is 26.9. The number of halogens is 2. The lowest BCUT2D eigenvalue weighted by molar-refractivity contribution is -0.0203. The number of fused-ring (bicyclic) bond motifs is 2. The Hall–Kier alpha value is -5.47. The molecular formula is C35H30F2N8O3S. The third kappa shape index (κ3) is 5.62. The van der Waals surface area contributed by atoms with Crippen molar-refractivity contribution in [1.29, 1.82) is 0 Å². The van der Waals surface area contributed by atoms with E-state index < -0.39 is 22.8 Å². The summed E-state index contributed by atoms with van der Waals surface area (Å²) in [6.07, 6.45) is 4.10. The summed E-state index contributed by atoms with van der Waals surface area (Å²) in [5.41, 5.74) is 9.04. The summed E-state index contributed by atoms with van der Waals surface area (Å²) in [6, 6.07) is 21.0. The van der Waals surface area contributed by atoms with Crippen molar-refractivity contribution >= 4 is 44.8 Å². The van der Waals surface area contributed by atoms with Gasteiger partial charge >= 0.3 is 0 Å². The number of carbonyl (C=O) groups is 1. The largest absolute Gasteiger partial charge is 0.379 e. The van der Waals surface area contributed by atoms with Crippen LogP contribution in [0.5, 0.6) is 0 Å². The molecule has 14 heteroatoms. The quantitative estimate of drug-likeness (QED) is 0.231. The summed E-state index contributed by atoms with van der Waals surface area (Å²) in [7, 11) is 0. The Balaban J connectivity index is 1.05. The van der Waals surface area contributed by atoms with E-state index in [1.54, 1.807) is 10.7 Å². The van der Waals surface area contributed by atoms with Gasteiger partial charge in [0, 0.05) is 42.0 Å². The number of benzene rings is 3. The van der Waals surface area contributed by atoms with Crippen molar-refractivity contribution in [3.63, 3.8) is 0 Å². The molecule has 1 fully saturated rings. The van der Waals surface area contributed by atoms with Crippen LogP contribution >= 0.6 is 11.3 Å². The standard InChI is InChI=1S/C35H30F2N8O3S/c36-23-7-9-26(27(37)12-23)35(18-43-20-39-19-41-43)15-21(17-48-35)16-40-32(46)30-14-29-33(49-30)42-31(38)34(47)45(29)25-8-6-22-10-11-44(28(22)13-25)24-4-2-1-3-5-24/h1-9,12-14,19-21H,10-11,15-18H2,(H2,38,42)(H,40,46). The van der Waals surface area contributed by atoms with Crippen LogP contribution in [0.25, 0.3) is 16.0 Å². The molecule has 0 aliphatic carbocycles. The molecule has 3 N–H and O–H groups in total. The Kier molecular flexibility index (Phi) is 7.68. The number of nitrogen functional groups attached to an aromatic ring is 1. The minimum absolute atomic E-state index is 0.159. The van der Waals surface area contributed by atoms with Crippen LogP contribution in [0.1, 0.15) is 27.2 Å². The minimum atomic E-state index is -1.14. The van der Waals surface area contributed by atoms with Crippen LogP contribution in [0.3, 0.4) is 0 Å². The van der Waals surface area contributed by atoms with E-state index in [0.29, 0.717) is 27.3 Å². The fourth-order valence-electron chi connectivity index (χ4n) is 6.88. The van der Waals surface area contributed by atoms with E-state index in [1.165, 1.54) is 34.9 Å². The van der Waals surface area contributed by atoms with Crippen molar-refractivity contribution in [2.45, 2.75) is 25.0 Å². The van der Waals surface area contributed by atoms with E-state index in [2.05, 4.69) is 37.4 Å². The molecule has 0 radical (unpaired) electrons. The van der Waals surface area contributed by atoms with Crippen molar-refractivity contribution in [3.8, 4) is 5.69 Å². The van der Waals surface area contributed by atoms with Gasteiger partial charge in [-0.15, -0.1) is 11.3 Å². The maximum Gasteiger partial charge on any atom is 0.298 e. The molecule has 49 heavy (non-hydrogen) atoms. The summed E-state index contributed by atoms with van der Waals surface area (Å²) in [6.45, 7) is 1.44. The molecule has 5 heterocycles. The topological polar surface area (TPSA) is 133 Å². The fraction of sp³-hybridized carbons (Fsp3) is 0.229. The van der Waals surface area contributed by atoms with Gasteiger partial charge in [0.15, 0.2) is 5.82 Å². The number of nitrogens with one attached hydrogen (secondary N) is 1. The molecule has 11 nitrogen and oxygen atoms in total. The number of aromatic nitrogens is 5. The Labute approximate surface area is 282 Å². The summed E-state index contributed by atoms with van der Waals surface area (Å²) in [5, 5.41) is 7.12. The number of carbonyl (C=O) groups excluding carboxylic acids is 1. The average molecular weight is 681 g/mol. The van der Waals surface area contributed by atoms with E-state index in [1.807, 2.05) is 36.4 Å².